The third kappa shape index (κ3) is 5.28. The summed E-state index contributed by atoms with van der Waals surface area (Å²) in [6.45, 7) is 2.96. The van der Waals surface area contributed by atoms with Crippen LogP contribution in [-0.4, -0.2) is 29.3 Å². The van der Waals surface area contributed by atoms with Crippen molar-refractivity contribution in [3.8, 4) is 5.75 Å². The number of hydrogen-bond acceptors (Lipinski definition) is 4. The molecule has 0 bridgehead atoms. The number of hydrogen-bond donors (Lipinski definition) is 2. The highest BCUT2D eigenvalue weighted by Crippen LogP contribution is 2.14. The van der Waals surface area contributed by atoms with Gasteiger partial charge in [-0.3, -0.25) is 0 Å². The lowest BCUT2D eigenvalue weighted by Gasteiger charge is -2.08. The Hall–Kier alpha value is -0.870. The molecule has 0 heterocycles. The molecule has 4 heteroatoms. The van der Waals surface area contributed by atoms with E-state index in [1.165, 1.54) is 0 Å². The van der Waals surface area contributed by atoms with Gasteiger partial charge in [0.25, 0.3) is 0 Å². The second-order valence-corrected chi connectivity index (χ2v) is 5.18. The average Bonchev–Trinajstić information content (AvgIpc) is 2.31. The zero-order valence-electron chi connectivity index (χ0n) is 9.56. The molecule has 0 fully saturated rings. The highest BCUT2D eigenvalue weighted by molar-refractivity contribution is 7.99. The van der Waals surface area contributed by atoms with Gasteiger partial charge in [-0.05, 0) is 36.4 Å². The van der Waals surface area contributed by atoms with Crippen molar-refractivity contribution in [1.82, 2.24) is 0 Å². The van der Waals surface area contributed by atoms with E-state index in [-0.39, 0.29) is 6.61 Å². The van der Waals surface area contributed by atoms with Crippen molar-refractivity contribution in [2.75, 3.05) is 24.7 Å². The molecule has 0 amide bonds. The molecule has 1 atom stereocenters. The van der Waals surface area contributed by atoms with Crippen molar-refractivity contribution in [2.24, 2.45) is 0 Å². The third-order valence-electron chi connectivity index (χ3n) is 2.10. The summed E-state index contributed by atoms with van der Waals surface area (Å²) in [6.07, 6.45) is 0.985. The molecule has 1 rings (SSSR count). The lowest BCUT2D eigenvalue weighted by molar-refractivity contribution is 0.299. The quantitative estimate of drug-likeness (QED) is 0.567. The molecule has 1 aromatic rings. The summed E-state index contributed by atoms with van der Waals surface area (Å²) < 4.78 is 5.55. The van der Waals surface area contributed by atoms with Crippen molar-refractivity contribution in [3.05, 3.63) is 24.3 Å². The fraction of sp³-hybridized carbons (Fsp3) is 0.500. The Kier molecular flexibility index (Phi) is 6.11. The highest BCUT2D eigenvalue weighted by Gasteiger charge is 1.99. The standard InChI is InChI=1S/C12H19NO2S/c1-10(9-14)16-8-2-7-15-12-5-3-11(13)4-6-12/h3-6,10,14H,2,7-9,13H2,1H3. The van der Waals surface area contributed by atoms with Crippen LogP contribution in [0, 0.1) is 0 Å². The van der Waals surface area contributed by atoms with Gasteiger partial charge in [-0.25, -0.2) is 0 Å². The molecular weight excluding hydrogens is 222 g/mol. The Bertz CT molecular complexity index is 290. The van der Waals surface area contributed by atoms with Gasteiger partial charge in [0.1, 0.15) is 5.75 Å². The SMILES string of the molecule is CC(CO)SCCCOc1ccc(N)cc1. The summed E-state index contributed by atoms with van der Waals surface area (Å²) in [5, 5.41) is 9.15. The molecule has 0 radical (unpaired) electrons. The Morgan fingerprint density at radius 1 is 1.38 bits per heavy atom. The van der Waals surface area contributed by atoms with Gasteiger partial charge in [-0.2, -0.15) is 11.8 Å². The summed E-state index contributed by atoms with van der Waals surface area (Å²) in [5.41, 5.74) is 6.32. The molecule has 0 aromatic heterocycles. The summed E-state index contributed by atoms with van der Waals surface area (Å²) in [5.74, 6) is 1.87. The molecule has 0 aliphatic carbocycles. The number of nitrogen functional groups attached to an aromatic ring is 1. The first-order valence-corrected chi connectivity index (χ1v) is 6.48. The van der Waals surface area contributed by atoms with Gasteiger partial charge >= 0.3 is 0 Å². The van der Waals surface area contributed by atoms with Crippen LogP contribution >= 0.6 is 11.8 Å². The van der Waals surface area contributed by atoms with Gasteiger partial charge in [0.2, 0.25) is 0 Å². The minimum absolute atomic E-state index is 0.240. The number of nitrogens with two attached hydrogens (primary N) is 1. The monoisotopic (exact) mass is 241 g/mol. The molecule has 0 aliphatic rings. The Morgan fingerprint density at radius 2 is 2.06 bits per heavy atom. The van der Waals surface area contributed by atoms with Crippen LogP contribution in [0.15, 0.2) is 24.3 Å². The van der Waals surface area contributed by atoms with E-state index in [1.807, 2.05) is 31.2 Å². The van der Waals surface area contributed by atoms with Gasteiger partial charge in [0, 0.05) is 10.9 Å². The van der Waals surface area contributed by atoms with Crippen molar-refractivity contribution < 1.29 is 9.84 Å². The fourth-order valence-electron chi connectivity index (χ4n) is 1.15. The zero-order chi connectivity index (χ0) is 11.8. The second kappa shape index (κ2) is 7.41. The molecule has 0 spiro atoms. The van der Waals surface area contributed by atoms with Crippen molar-refractivity contribution in [3.63, 3.8) is 0 Å². The minimum Gasteiger partial charge on any atom is -0.494 e. The normalized spacial score (nSPS) is 12.4. The van der Waals surface area contributed by atoms with Crippen LogP contribution in [0.3, 0.4) is 0 Å². The number of aliphatic hydroxyl groups excluding tert-OH is 1. The predicted octanol–water partition coefficient (Wildman–Crippen LogP) is 2.15. The average molecular weight is 241 g/mol. The first-order chi connectivity index (χ1) is 7.72. The van der Waals surface area contributed by atoms with Gasteiger partial charge in [0.15, 0.2) is 0 Å². The maximum Gasteiger partial charge on any atom is 0.119 e. The predicted molar refractivity (Wildman–Crippen MR) is 70.0 cm³/mol. The topological polar surface area (TPSA) is 55.5 Å². The van der Waals surface area contributed by atoms with Crippen molar-refractivity contribution in [1.29, 1.82) is 0 Å². The van der Waals surface area contributed by atoms with Crippen LogP contribution in [0.4, 0.5) is 5.69 Å². The van der Waals surface area contributed by atoms with E-state index in [1.54, 1.807) is 11.8 Å². The highest BCUT2D eigenvalue weighted by atomic mass is 32.2. The zero-order valence-corrected chi connectivity index (χ0v) is 10.4. The molecule has 3 N–H and O–H groups in total. The number of anilines is 1. The van der Waals surface area contributed by atoms with Crippen molar-refractivity contribution in [2.45, 2.75) is 18.6 Å². The van der Waals surface area contributed by atoms with Gasteiger partial charge in [-0.1, -0.05) is 6.92 Å². The van der Waals surface area contributed by atoms with Crippen LogP contribution in [0.1, 0.15) is 13.3 Å². The lowest BCUT2D eigenvalue weighted by atomic mass is 10.3. The number of benzene rings is 1. The molecule has 16 heavy (non-hydrogen) atoms. The van der Waals surface area contributed by atoms with E-state index in [9.17, 15) is 0 Å². The molecular formula is C12H19NO2S. The molecule has 90 valence electrons. The van der Waals surface area contributed by atoms with E-state index < -0.39 is 0 Å². The van der Waals surface area contributed by atoms with E-state index >= 15 is 0 Å². The first-order valence-electron chi connectivity index (χ1n) is 5.43. The van der Waals surface area contributed by atoms with E-state index in [0.717, 1.165) is 23.6 Å². The maximum absolute atomic E-state index is 8.83. The number of rotatable bonds is 7. The first kappa shape index (κ1) is 13.2. The summed E-state index contributed by atoms with van der Waals surface area (Å²) >= 11 is 1.76. The second-order valence-electron chi connectivity index (χ2n) is 3.64. The lowest BCUT2D eigenvalue weighted by Crippen LogP contribution is -2.05. The molecule has 1 aromatic carbocycles. The largest absolute Gasteiger partial charge is 0.494 e. The van der Waals surface area contributed by atoms with Crippen LogP contribution in [0.25, 0.3) is 0 Å². The van der Waals surface area contributed by atoms with Gasteiger partial charge in [-0.15, -0.1) is 0 Å². The Balaban J connectivity index is 2.09. The molecule has 0 saturated carbocycles. The maximum atomic E-state index is 8.83. The van der Waals surface area contributed by atoms with E-state index in [2.05, 4.69) is 0 Å². The molecule has 3 nitrogen and oxygen atoms in total. The van der Waals surface area contributed by atoms with Crippen molar-refractivity contribution >= 4 is 17.4 Å². The smallest absolute Gasteiger partial charge is 0.119 e. The number of ether oxygens (including phenoxy) is 1. The van der Waals surface area contributed by atoms with Gasteiger partial charge in [0.05, 0.1) is 13.2 Å². The fourth-order valence-corrected chi connectivity index (χ4v) is 1.94. The summed E-state index contributed by atoms with van der Waals surface area (Å²) in [7, 11) is 0. The number of thioether (sulfide) groups is 1. The molecule has 0 aliphatic heterocycles. The van der Waals surface area contributed by atoms with E-state index in [0.29, 0.717) is 11.9 Å². The van der Waals surface area contributed by atoms with Crippen LogP contribution < -0.4 is 10.5 Å². The van der Waals surface area contributed by atoms with Gasteiger partial charge < -0.3 is 15.6 Å². The van der Waals surface area contributed by atoms with E-state index in [4.69, 9.17) is 15.6 Å². The summed E-state index contributed by atoms with van der Waals surface area (Å²) in [6, 6.07) is 7.41. The minimum atomic E-state index is 0.240. The van der Waals surface area contributed by atoms with Crippen LogP contribution in [-0.2, 0) is 0 Å². The number of aliphatic hydroxyl groups is 1. The van der Waals surface area contributed by atoms with Crippen LogP contribution in [0.5, 0.6) is 5.75 Å². The molecule has 0 saturated heterocycles. The molecule has 1 unspecified atom stereocenters. The Labute approximate surface area is 101 Å². The summed E-state index contributed by atoms with van der Waals surface area (Å²) in [4.78, 5) is 0. The Morgan fingerprint density at radius 3 is 2.69 bits per heavy atom. The van der Waals surface area contributed by atoms with Crippen LogP contribution in [0.2, 0.25) is 0 Å². The third-order valence-corrected chi connectivity index (χ3v) is 3.34.